The van der Waals surface area contributed by atoms with E-state index in [0.29, 0.717) is 17.4 Å². The molecule has 0 spiro atoms. The molecule has 0 aromatic carbocycles. The zero-order valence-corrected chi connectivity index (χ0v) is 15.4. The Morgan fingerprint density at radius 2 is 2.12 bits per heavy atom. The number of nitrogens with zero attached hydrogens (tertiary/aromatic N) is 2. The first kappa shape index (κ1) is 19.1. The Kier molecular flexibility index (Phi) is 6.57. The summed E-state index contributed by atoms with van der Waals surface area (Å²) in [6.07, 6.45) is 2.79. The first-order valence-corrected chi connectivity index (χ1v) is 8.35. The van der Waals surface area contributed by atoms with Crippen LogP contribution in [0.2, 0.25) is 5.02 Å². The predicted molar refractivity (Wildman–Crippen MR) is 90.6 cm³/mol. The summed E-state index contributed by atoms with van der Waals surface area (Å²) in [7, 11) is 3.12. The summed E-state index contributed by atoms with van der Waals surface area (Å²) in [6, 6.07) is 3.37. The van der Waals surface area contributed by atoms with Crippen LogP contribution in [0.15, 0.2) is 18.3 Å². The molecule has 2 rings (SSSR count). The molecule has 7 heteroatoms. The smallest absolute Gasteiger partial charge is 0.259 e. The van der Waals surface area contributed by atoms with Gasteiger partial charge in [-0.15, -0.1) is 0 Å². The Labute approximate surface area is 148 Å². The fourth-order valence-electron chi connectivity index (χ4n) is 3.15. The fourth-order valence-corrected chi connectivity index (χ4v) is 3.33. The molecule has 1 aliphatic heterocycles. The molecule has 134 valence electrons. The average Bonchev–Trinajstić information content (AvgIpc) is 2.54. The second-order valence-electron chi connectivity index (χ2n) is 6.42. The third kappa shape index (κ3) is 3.88. The second kappa shape index (κ2) is 8.25. The molecule has 6 nitrogen and oxygen atoms in total. The van der Waals surface area contributed by atoms with E-state index in [-0.39, 0.29) is 25.5 Å². The number of carbonyl (C=O) groups excluding carboxylic acids is 1. The molecule has 0 saturated carbocycles. The highest BCUT2D eigenvalue weighted by molar-refractivity contribution is 6.30. The van der Waals surface area contributed by atoms with Gasteiger partial charge in [-0.25, -0.2) is 0 Å². The first-order chi connectivity index (χ1) is 11.4. The molecule has 1 aliphatic rings. The van der Waals surface area contributed by atoms with Gasteiger partial charge in [0, 0.05) is 37.6 Å². The lowest BCUT2D eigenvalue weighted by atomic mass is 9.75. The molecule has 0 aliphatic carbocycles. The van der Waals surface area contributed by atoms with Crippen LogP contribution in [0.1, 0.15) is 26.0 Å². The number of pyridine rings is 1. The Hall–Kier alpha value is -1.21. The molecule has 1 fully saturated rings. The van der Waals surface area contributed by atoms with Crippen LogP contribution in [0.3, 0.4) is 0 Å². The summed E-state index contributed by atoms with van der Waals surface area (Å²) in [6.45, 7) is 4.53. The van der Waals surface area contributed by atoms with Crippen LogP contribution in [-0.2, 0) is 25.4 Å². The van der Waals surface area contributed by atoms with Gasteiger partial charge in [0.15, 0.2) is 5.60 Å². The first-order valence-electron chi connectivity index (χ1n) is 7.98. The van der Waals surface area contributed by atoms with Gasteiger partial charge in [-0.1, -0.05) is 25.4 Å². The van der Waals surface area contributed by atoms with E-state index in [1.165, 1.54) is 0 Å². The largest absolute Gasteiger partial charge is 0.364 e. The van der Waals surface area contributed by atoms with Gasteiger partial charge in [0.1, 0.15) is 13.5 Å². The highest BCUT2D eigenvalue weighted by Gasteiger charge is 2.61. The number of β-lactam (4-membered cyclic amide) rings is 1. The highest BCUT2D eigenvalue weighted by atomic mass is 35.5. The molecule has 0 bridgehead atoms. The van der Waals surface area contributed by atoms with Gasteiger partial charge in [0.2, 0.25) is 0 Å². The molecule has 2 heterocycles. The predicted octanol–water partition coefficient (Wildman–Crippen LogP) is 2.50. The zero-order valence-electron chi connectivity index (χ0n) is 14.6. The lowest BCUT2D eigenvalue weighted by molar-refractivity contribution is -0.235. The van der Waals surface area contributed by atoms with Gasteiger partial charge in [0.25, 0.3) is 5.91 Å². The van der Waals surface area contributed by atoms with Crippen molar-refractivity contribution in [2.45, 2.75) is 38.3 Å². The lowest BCUT2D eigenvalue weighted by Gasteiger charge is -2.55. The normalized spacial score (nSPS) is 23.7. The van der Waals surface area contributed by atoms with Gasteiger partial charge < -0.3 is 19.1 Å². The van der Waals surface area contributed by atoms with Crippen molar-refractivity contribution in [3.63, 3.8) is 0 Å². The average molecular weight is 357 g/mol. The molecule has 0 N–H and O–H groups in total. The topological polar surface area (TPSA) is 60.9 Å². The number of aromatic nitrogens is 1. The minimum absolute atomic E-state index is 0.0434. The van der Waals surface area contributed by atoms with E-state index in [9.17, 15) is 4.79 Å². The Balaban J connectivity index is 2.31. The van der Waals surface area contributed by atoms with Gasteiger partial charge in [-0.3, -0.25) is 9.78 Å². The molecule has 0 unspecified atom stereocenters. The SMILES string of the molecule is COCO[C@@]1(Cc2cc(Cl)ccn2)C(=O)N(COC)[C@H]1CC(C)C. The van der Waals surface area contributed by atoms with Crippen molar-refractivity contribution >= 4 is 17.5 Å². The number of carbonyl (C=O) groups is 1. The number of ether oxygens (including phenoxy) is 3. The zero-order chi connectivity index (χ0) is 17.7. The van der Waals surface area contributed by atoms with Crippen molar-refractivity contribution in [1.29, 1.82) is 0 Å². The summed E-state index contributed by atoms with van der Waals surface area (Å²) < 4.78 is 16.1. The van der Waals surface area contributed by atoms with Crippen molar-refractivity contribution < 1.29 is 19.0 Å². The maximum atomic E-state index is 12.9. The summed E-state index contributed by atoms with van der Waals surface area (Å²) in [5.74, 6) is 0.300. The Morgan fingerprint density at radius 3 is 2.71 bits per heavy atom. The molecule has 24 heavy (non-hydrogen) atoms. The van der Waals surface area contributed by atoms with Crippen molar-refractivity contribution in [3.05, 3.63) is 29.0 Å². The number of rotatable bonds is 9. The van der Waals surface area contributed by atoms with E-state index in [2.05, 4.69) is 18.8 Å². The molecule has 1 amide bonds. The van der Waals surface area contributed by atoms with Crippen molar-refractivity contribution in [1.82, 2.24) is 9.88 Å². The Morgan fingerprint density at radius 1 is 1.38 bits per heavy atom. The number of methoxy groups -OCH3 is 2. The minimum atomic E-state index is -0.990. The van der Waals surface area contributed by atoms with E-state index in [1.54, 1.807) is 37.4 Å². The van der Waals surface area contributed by atoms with Gasteiger partial charge in [-0.2, -0.15) is 0 Å². The maximum Gasteiger partial charge on any atom is 0.259 e. The lowest BCUT2D eigenvalue weighted by Crippen LogP contribution is -2.76. The molecular formula is C17H25ClN2O4. The number of likely N-dealkylation sites (tertiary alicyclic amines) is 1. The summed E-state index contributed by atoms with van der Waals surface area (Å²) in [5.41, 5.74) is -0.269. The Bertz CT molecular complexity index is 569. The molecule has 1 aromatic heterocycles. The van der Waals surface area contributed by atoms with Gasteiger partial charge >= 0.3 is 0 Å². The van der Waals surface area contributed by atoms with Crippen LogP contribution < -0.4 is 0 Å². The third-order valence-electron chi connectivity index (χ3n) is 4.16. The van der Waals surface area contributed by atoms with E-state index >= 15 is 0 Å². The van der Waals surface area contributed by atoms with Crippen LogP contribution in [0, 0.1) is 5.92 Å². The van der Waals surface area contributed by atoms with E-state index in [1.807, 2.05) is 0 Å². The fraction of sp³-hybridized carbons (Fsp3) is 0.647. The van der Waals surface area contributed by atoms with Crippen LogP contribution >= 0.6 is 11.6 Å². The third-order valence-corrected chi connectivity index (χ3v) is 4.39. The second-order valence-corrected chi connectivity index (χ2v) is 6.86. The molecule has 0 radical (unpaired) electrons. The molecule has 1 aromatic rings. The monoisotopic (exact) mass is 356 g/mol. The molecule has 2 atom stereocenters. The minimum Gasteiger partial charge on any atom is -0.364 e. The summed E-state index contributed by atoms with van der Waals surface area (Å²) in [4.78, 5) is 18.9. The quantitative estimate of drug-likeness (QED) is 0.502. The molecular weight excluding hydrogens is 332 g/mol. The van der Waals surface area contributed by atoms with Gasteiger partial charge in [-0.05, 0) is 24.5 Å². The standard InChI is InChI=1S/C17H25ClN2O4/c1-12(2)7-15-17(24-11-23-4,16(21)20(15)10-22-3)9-14-8-13(18)5-6-19-14/h5-6,8,12,15H,7,9-11H2,1-4H3/t15-,17+/m0/s1. The van der Waals surface area contributed by atoms with E-state index in [0.717, 1.165) is 12.1 Å². The van der Waals surface area contributed by atoms with E-state index < -0.39 is 5.60 Å². The van der Waals surface area contributed by atoms with Crippen molar-refractivity contribution in [2.24, 2.45) is 5.92 Å². The number of halogens is 1. The van der Waals surface area contributed by atoms with Gasteiger partial charge in [0.05, 0.1) is 6.04 Å². The van der Waals surface area contributed by atoms with Crippen LogP contribution in [0.5, 0.6) is 0 Å². The highest BCUT2D eigenvalue weighted by Crippen LogP contribution is 2.40. The summed E-state index contributed by atoms with van der Waals surface area (Å²) >= 11 is 6.05. The van der Waals surface area contributed by atoms with Crippen molar-refractivity contribution in [2.75, 3.05) is 27.7 Å². The van der Waals surface area contributed by atoms with Crippen LogP contribution in [-0.4, -0.2) is 55.2 Å². The summed E-state index contributed by atoms with van der Waals surface area (Å²) in [5, 5.41) is 0.586. The molecule has 1 saturated heterocycles. The van der Waals surface area contributed by atoms with Crippen LogP contribution in [0.4, 0.5) is 0 Å². The maximum absolute atomic E-state index is 12.9. The van der Waals surface area contributed by atoms with Crippen molar-refractivity contribution in [3.8, 4) is 0 Å². The van der Waals surface area contributed by atoms with E-state index in [4.69, 9.17) is 25.8 Å². The number of hydrogen-bond acceptors (Lipinski definition) is 5. The number of amides is 1. The van der Waals surface area contributed by atoms with Crippen LogP contribution in [0.25, 0.3) is 0 Å². The number of hydrogen-bond donors (Lipinski definition) is 0.